The van der Waals surface area contributed by atoms with Crippen LogP contribution in [0.2, 0.25) is 0 Å². The number of carbonyl (C=O) groups is 2. The molecule has 13 heavy (non-hydrogen) atoms. The molecule has 0 aromatic heterocycles. The van der Waals surface area contributed by atoms with Crippen molar-refractivity contribution in [3.05, 3.63) is 0 Å². The van der Waals surface area contributed by atoms with Crippen LogP contribution in [-0.4, -0.2) is 22.8 Å². The zero-order valence-corrected chi connectivity index (χ0v) is 8.23. The predicted octanol–water partition coefficient (Wildman–Crippen LogP) is 1.18. The van der Waals surface area contributed by atoms with E-state index in [0.29, 0.717) is 0 Å². The Morgan fingerprint density at radius 3 is 2.69 bits per heavy atom. The van der Waals surface area contributed by atoms with Crippen LogP contribution in [0.1, 0.15) is 27.1 Å². The van der Waals surface area contributed by atoms with E-state index in [1.807, 2.05) is 0 Å². The number of thioether (sulfide) groups is 1. The Kier molecular flexibility index (Phi) is 2.58. The Labute approximate surface area is 83.1 Å². The van der Waals surface area contributed by atoms with Gasteiger partial charge in [-0.05, 0) is 19.3 Å². The molecule has 1 N–H and O–H groups in total. The second-order valence-electron chi connectivity index (χ2n) is 3.65. The number of amides is 1. The summed E-state index contributed by atoms with van der Waals surface area (Å²) in [5.41, 5.74) is 0. The van der Waals surface area contributed by atoms with Gasteiger partial charge in [-0.2, -0.15) is 0 Å². The van der Waals surface area contributed by atoms with Crippen molar-refractivity contribution in [2.24, 2.45) is 5.92 Å². The minimum absolute atomic E-state index is 0. The van der Waals surface area contributed by atoms with Gasteiger partial charge in [-0.25, -0.2) is 0 Å². The van der Waals surface area contributed by atoms with E-state index in [4.69, 9.17) is 0 Å². The summed E-state index contributed by atoms with van der Waals surface area (Å²) in [5.74, 6) is 1.14. The lowest BCUT2D eigenvalue weighted by molar-refractivity contribution is -0.129. The van der Waals surface area contributed by atoms with E-state index in [2.05, 4.69) is 5.32 Å². The molecule has 1 saturated heterocycles. The van der Waals surface area contributed by atoms with Crippen molar-refractivity contribution in [2.75, 3.05) is 5.75 Å². The molecule has 2 aliphatic rings. The molecular formula is C9H15NO2S. The summed E-state index contributed by atoms with van der Waals surface area (Å²) < 4.78 is 0. The van der Waals surface area contributed by atoms with Crippen LogP contribution in [0, 0.1) is 5.92 Å². The molecule has 1 aliphatic carbocycles. The summed E-state index contributed by atoms with van der Waals surface area (Å²) in [6.07, 6.45) is 3.97. The number of hydrogen-bond donors (Lipinski definition) is 1. The third kappa shape index (κ3) is 1.88. The van der Waals surface area contributed by atoms with E-state index >= 15 is 0 Å². The maximum atomic E-state index is 11.5. The number of carbonyl (C=O) groups excluding carboxylic acids is 2. The number of hydrogen-bond acceptors (Lipinski definition) is 3. The smallest absolute Gasteiger partial charge is 0.223 e. The van der Waals surface area contributed by atoms with Gasteiger partial charge in [0.25, 0.3) is 0 Å². The highest BCUT2D eigenvalue weighted by molar-refractivity contribution is 8.14. The molecule has 1 amide bonds. The van der Waals surface area contributed by atoms with Gasteiger partial charge in [-0.1, -0.05) is 18.2 Å². The summed E-state index contributed by atoms with van der Waals surface area (Å²) in [6, 6.07) is -0.196. The molecule has 0 aromatic carbocycles. The van der Waals surface area contributed by atoms with Crippen LogP contribution in [0.5, 0.6) is 0 Å². The maximum absolute atomic E-state index is 11.5. The van der Waals surface area contributed by atoms with Gasteiger partial charge in [0.1, 0.15) is 0 Å². The Balaban J connectivity index is 0.000000980. The fourth-order valence-corrected chi connectivity index (χ4v) is 2.52. The van der Waals surface area contributed by atoms with Crippen LogP contribution < -0.4 is 5.32 Å². The summed E-state index contributed by atoms with van der Waals surface area (Å²) >= 11 is 1.33. The highest BCUT2D eigenvalue weighted by Crippen LogP contribution is 2.27. The largest absolute Gasteiger partial charge is 0.345 e. The molecule has 1 atom stereocenters. The van der Waals surface area contributed by atoms with Crippen LogP contribution >= 0.6 is 11.8 Å². The van der Waals surface area contributed by atoms with Crippen molar-refractivity contribution in [1.82, 2.24) is 5.32 Å². The Morgan fingerprint density at radius 1 is 1.46 bits per heavy atom. The molecule has 1 heterocycles. The van der Waals surface area contributed by atoms with E-state index in [1.54, 1.807) is 0 Å². The summed E-state index contributed by atoms with van der Waals surface area (Å²) in [6.45, 7) is 0. The first kappa shape index (κ1) is 9.06. The van der Waals surface area contributed by atoms with E-state index in [1.165, 1.54) is 11.8 Å². The Hall–Kier alpha value is -0.510. The lowest BCUT2D eigenvalue weighted by Gasteiger charge is -2.25. The maximum Gasteiger partial charge on any atom is 0.223 e. The highest BCUT2D eigenvalue weighted by Gasteiger charge is 2.31. The SMILES string of the molecule is O=C(N[C@H]1CCSC1=O)C1CCC1.[HH]. The van der Waals surface area contributed by atoms with Gasteiger partial charge < -0.3 is 5.32 Å². The molecule has 2 fully saturated rings. The molecule has 0 spiro atoms. The molecule has 0 aromatic rings. The summed E-state index contributed by atoms with van der Waals surface area (Å²) in [4.78, 5) is 22.6. The van der Waals surface area contributed by atoms with Crippen molar-refractivity contribution in [3.63, 3.8) is 0 Å². The molecule has 2 rings (SSSR count). The molecule has 0 unspecified atom stereocenters. The van der Waals surface area contributed by atoms with E-state index in [-0.39, 0.29) is 24.4 Å². The molecule has 0 radical (unpaired) electrons. The normalized spacial score (nSPS) is 28.6. The van der Waals surface area contributed by atoms with Crippen molar-refractivity contribution in [2.45, 2.75) is 31.7 Å². The van der Waals surface area contributed by atoms with E-state index < -0.39 is 0 Å². The minimum atomic E-state index is -0.196. The highest BCUT2D eigenvalue weighted by atomic mass is 32.2. The van der Waals surface area contributed by atoms with Gasteiger partial charge in [-0.3, -0.25) is 9.59 Å². The lowest BCUT2D eigenvalue weighted by Crippen LogP contribution is -2.42. The topological polar surface area (TPSA) is 46.2 Å². The second kappa shape index (κ2) is 3.70. The van der Waals surface area contributed by atoms with Gasteiger partial charge in [0.05, 0.1) is 6.04 Å². The van der Waals surface area contributed by atoms with Crippen molar-refractivity contribution < 1.29 is 11.0 Å². The first-order valence-electron chi connectivity index (χ1n) is 4.74. The third-order valence-electron chi connectivity index (χ3n) is 2.73. The second-order valence-corrected chi connectivity index (χ2v) is 4.74. The molecule has 74 valence electrons. The molecule has 1 saturated carbocycles. The van der Waals surface area contributed by atoms with Gasteiger partial charge >= 0.3 is 0 Å². The number of nitrogens with one attached hydrogen (secondary N) is 1. The van der Waals surface area contributed by atoms with Crippen LogP contribution in [-0.2, 0) is 9.59 Å². The number of rotatable bonds is 2. The molecule has 0 bridgehead atoms. The average Bonchev–Trinajstić information content (AvgIpc) is 2.32. The summed E-state index contributed by atoms with van der Waals surface area (Å²) in [7, 11) is 0. The molecule has 4 heteroatoms. The van der Waals surface area contributed by atoms with Crippen LogP contribution in [0.3, 0.4) is 0 Å². The fourth-order valence-electron chi connectivity index (χ4n) is 1.59. The minimum Gasteiger partial charge on any atom is -0.345 e. The van der Waals surface area contributed by atoms with E-state index in [0.717, 1.165) is 31.4 Å². The van der Waals surface area contributed by atoms with Crippen LogP contribution in [0.25, 0.3) is 0 Å². The third-order valence-corrected chi connectivity index (χ3v) is 3.74. The fraction of sp³-hybridized carbons (Fsp3) is 0.778. The van der Waals surface area contributed by atoms with Crippen molar-refractivity contribution in [1.29, 1.82) is 0 Å². The molecule has 1 aliphatic heterocycles. The van der Waals surface area contributed by atoms with Crippen LogP contribution in [0.4, 0.5) is 0 Å². The zero-order chi connectivity index (χ0) is 9.26. The van der Waals surface area contributed by atoms with Gasteiger partial charge in [0, 0.05) is 13.1 Å². The van der Waals surface area contributed by atoms with Crippen LogP contribution in [0.15, 0.2) is 0 Å². The van der Waals surface area contributed by atoms with Gasteiger partial charge in [0.2, 0.25) is 11.0 Å². The predicted molar refractivity (Wildman–Crippen MR) is 53.5 cm³/mol. The average molecular weight is 201 g/mol. The molecular weight excluding hydrogens is 186 g/mol. The first-order valence-corrected chi connectivity index (χ1v) is 5.73. The summed E-state index contributed by atoms with van der Waals surface area (Å²) in [5, 5.41) is 2.95. The standard InChI is InChI=1S/C9H13NO2S.H2/c11-8(6-2-1-3-6)10-7-4-5-13-9(7)12;/h6-7H,1-5H2,(H,10,11);1H/t7-;/m0./s1. The van der Waals surface area contributed by atoms with Crippen molar-refractivity contribution >= 4 is 22.8 Å². The lowest BCUT2D eigenvalue weighted by atomic mass is 9.84. The Morgan fingerprint density at radius 2 is 2.23 bits per heavy atom. The van der Waals surface area contributed by atoms with Gasteiger partial charge in [-0.15, -0.1) is 0 Å². The quantitative estimate of drug-likeness (QED) is 0.729. The van der Waals surface area contributed by atoms with E-state index in [9.17, 15) is 9.59 Å². The first-order chi connectivity index (χ1) is 6.27. The monoisotopic (exact) mass is 201 g/mol. The Bertz CT molecular complexity index is 243. The van der Waals surface area contributed by atoms with Crippen molar-refractivity contribution in [3.8, 4) is 0 Å². The zero-order valence-electron chi connectivity index (χ0n) is 7.41. The van der Waals surface area contributed by atoms with Gasteiger partial charge in [0.15, 0.2) is 0 Å². The molecule has 3 nitrogen and oxygen atoms in total.